The first-order valence-electron chi connectivity index (χ1n) is 10.6. The van der Waals surface area contributed by atoms with E-state index in [9.17, 15) is 9.59 Å². The van der Waals surface area contributed by atoms with E-state index in [0.29, 0.717) is 13.1 Å². The summed E-state index contributed by atoms with van der Waals surface area (Å²) in [6, 6.07) is 8.67. The quantitative estimate of drug-likeness (QED) is 0.700. The molecule has 4 rings (SSSR count). The number of anilines is 1. The van der Waals surface area contributed by atoms with Crippen molar-refractivity contribution in [3.05, 3.63) is 29.8 Å². The van der Waals surface area contributed by atoms with Gasteiger partial charge in [0.15, 0.2) is 0 Å². The molecule has 2 bridgehead atoms. The van der Waals surface area contributed by atoms with Gasteiger partial charge in [-0.2, -0.15) is 0 Å². The van der Waals surface area contributed by atoms with Crippen LogP contribution in [0.15, 0.2) is 24.3 Å². The van der Waals surface area contributed by atoms with E-state index in [-0.39, 0.29) is 28.7 Å². The number of piperazine rings is 1. The van der Waals surface area contributed by atoms with E-state index in [4.69, 9.17) is 0 Å². The molecule has 2 saturated heterocycles. The van der Waals surface area contributed by atoms with E-state index in [2.05, 4.69) is 56.9 Å². The summed E-state index contributed by atoms with van der Waals surface area (Å²) < 4.78 is 0. The summed E-state index contributed by atoms with van der Waals surface area (Å²) >= 11 is 0. The Morgan fingerprint density at radius 3 is 2.39 bits per heavy atom. The number of fused-ring (bicyclic) bond motifs is 2. The van der Waals surface area contributed by atoms with Crippen molar-refractivity contribution in [1.29, 1.82) is 0 Å². The van der Waals surface area contributed by atoms with Crippen LogP contribution in [0.25, 0.3) is 0 Å². The molecule has 1 aliphatic carbocycles. The SMILES string of the molecule is Cc1cccc(N2CCN(C(=O)C(=O)N3CC4(C)CC3CC(C)(C)C4)CC2)c1. The van der Waals surface area contributed by atoms with Crippen molar-refractivity contribution in [2.45, 2.75) is 53.0 Å². The second-order valence-electron chi connectivity index (χ2n) is 10.3. The van der Waals surface area contributed by atoms with Crippen LogP contribution in [0.2, 0.25) is 0 Å². The van der Waals surface area contributed by atoms with Crippen molar-refractivity contribution >= 4 is 17.5 Å². The molecule has 2 heterocycles. The summed E-state index contributed by atoms with van der Waals surface area (Å²) in [6.45, 7) is 12.5. The molecule has 2 aliphatic heterocycles. The van der Waals surface area contributed by atoms with Crippen molar-refractivity contribution in [3.8, 4) is 0 Å². The van der Waals surface area contributed by atoms with Gasteiger partial charge in [-0.1, -0.05) is 32.9 Å². The highest BCUT2D eigenvalue weighted by Gasteiger charge is 2.52. The minimum Gasteiger partial charge on any atom is -0.368 e. The molecule has 0 spiro atoms. The Morgan fingerprint density at radius 1 is 1.00 bits per heavy atom. The minimum atomic E-state index is -0.308. The van der Waals surface area contributed by atoms with Gasteiger partial charge in [0.05, 0.1) is 0 Å². The summed E-state index contributed by atoms with van der Waals surface area (Å²) in [5.74, 6) is -0.590. The maximum atomic E-state index is 13.1. The van der Waals surface area contributed by atoms with E-state index in [0.717, 1.165) is 38.9 Å². The van der Waals surface area contributed by atoms with Crippen LogP contribution >= 0.6 is 0 Å². The molecule has 2 atom stereocenters. The lowest BCUT2D eigenvalue weighted by molar-refractivity contribution is -0.152. The fourth-order valence-corrected chi connectivity index (χ4v) is 5.95. The number of rotatable bonds is 1. The van der Waals surface area contributed by atoms with Gasteiger partial charge in [-0.15, -0.1) is 0 Å². The van der Waals surface area contributed by atoms with Crippen LogP contribution in [0.1, 0.15) is 45.6 Å². The molecule has 152 valence electrons. The molecule has 0 radical (unpaired) electrons. The summed E-state index contributed by atoms with van der Waals surface area (Å²) in [4.78, 5) is 32.0. The number of amides is 2. The summed E-state index contributed by atoms with van der Waals surface area (Å²) in [6.07, 6.45) is 3.17. The molecule has 1 saturated carbocycles. The van der Waals surface area contributed by atoms with Crippen molar-refractivity contribution < 1.29 is 9.59 Å². The topological polar surface area (TPSA) is 43.9 Å². The van der Waals surface area contributed by atoms with Crippen LogP contribution in [0.5, 0.6) is 0 Å². The van der Waals surface area contributed by atoms with Gasteiger partial charge >= 0.3 is 11.8 Å². The predicted octanol–water partition coefficient (Wildman–Crippen LogP) is 3.07. The molecule has 1 aromatic carbocycles. The highest BCUT2D eigenvalue weighted by Crippen LogP contribution is 2.52. The summed E-state index contributed by atoms with van der Waals surface area (Å²) in [5.41, 5.74) is 2.84. The number of hydrogen-bond donors (Lipinski definition) is 0. The van der Waals surface area contributed by atoms with E-state index in [1.54, 1.807) is 4.90 Å². The largest absolute Gasteiger partial charge is 0.368 e. The van der Waals surface area contributed by atoms with E-state index < -0.39 is 0 Å². The van der Waals surface area contributed by atoms with Crippen molar-refractivity contribution in [1.82, 2.24) is 9.80 Å². The van der Waals surface area contributed by atoms with Gasteiger partial charge in [-0.3, -0.25) is 9.59 Å². The Bertz CT molecular complexity index is 782. The fraction of sp³-hybridized carbons (Fsp3) is 0.652. The molecule has 3 aliphatic rings. The Morgan fingerprint density at radius 2 is 1.71 bits per heavy atom. The van der Waals surface area contributed by atoms with E-state index in [1.165, 1.54) is 11.3 Å². The maximum absolute atomic E-state index is 13.1. The second-order valence-corrected chi connectivity index (χ2v) is 10.3. The standard InChI is InChI=1S/C23H33N3O2/c1-17-6-5-7-18(12-17)24-8-10-25(11-9-24)20(27)21(28)26-16-23(4)14-19(26)13-22(2,3)15-23/h5-7,12,19H,8-11,13-16H2,1-4H3. The minimum absolute atomic E-state index is 0.159. The smallest absolute Gasteiger partial charge is 0.312 e. The molecular formula is C23H33N3O2. The van der Waals surface area contributed by atoms with Crippen molar-refractivity contribution in [2.75, 3.05) is 37.6 Å². The van der Waals surface area contributed by atoms with Gasteiger partial charge in [-0.05, 0) is 54.7 Å². The molecule has 1 aromatic rings. The number of benzene rings is 1. The van der Waals surface area contributed by atoms with Crippen LogP contribution in [-0.4, -0.2) is 60.4 Å². The molecule has 5 nitrogen and oxygen atoms in total. The zero-order valence-electron chi connectivity index (χ0n) is 17.7. The Labute approximate surface area is 168 Å². The number of carbonyl (C=O) groups is 2. The third kappa shape index (κ3) is 3.63. The average Bonchev–Trinajstić information content (AvgIpc) is 2.89. The van der Waals surface area contributed by atoms with Gasteiger partial charge in [0.2, 0.25) is 0 Å². The number of likely N-dealkylation sites (tertiary alicyclic amines) is 1. The third-order valence-electron chi connectivity index (χ3n) is 6.79. The fourth-order valence-electron chi connectivity index (χ4n) is 5.95. The lowest BCUT2D eigenvalue weighted by atomic mass is 9.65. The first-order chi connectivity index (χ1) is 13.2. The molecule has 2 unspecified atom stereocenters. The van der Waals surface area contributed by atoms with Crippen LogP contribution in [0.3, 0.4) is 0 Å². The first-order valence-corrected chi connectivity index (χ1v) is 10.6. The molecule has 0 aromatic heterocycles. The predicted molar refractivity (Wildman–Crippen MR) is 111 cm³/mol. The number of aryl methyl sites for hydroxylation is 1. The average molecular weight is 384 g/mol. The molecule has 28 heavy (non-hydrogen) atoms. The molecule has 5 heteroatoms. The summed E-state index contributed by atoms with van der Waals surface area (Å²) in [7, 11) is 0. The Kier molecular flexibility index (Phi) is 4.67. The monoisotopic (exact) mass is 383 g/mol. The summed E-state index contributed by atoms with van der Waals surface area (Å²) in [5, 5.41) is 0. The van der Waals surface area contributed by atoms with Crippen molar-refractivity contribution in [2.24, 2.45) is 10.8 Å². The lowest BCUT2D eigenvalue weighted by Crippen LogP contribution is -2.54. The molecule has 2 amide bonds. The van der Waals surface area contributed by atoms with Gasteiger partial charge in [-0.25, -0.2) is 0 Å². The van der Waals surface area contributed by atoms with Crippen LogP contribution in [0.4, 0.5) is 5.69 Å². The first kappa shape index (κ1) is 19.3. The lowest BCUT2D eigenvalue weighted by Gasteiger charge is -2.39. The molecular weight excluding hydrogens is 350 g/mol. The number of nitrogens with zero attached hydrogens (tertiary/aromatic N) is 3. The zero-order chi connectivity index (χ0) is 20.1. The van der Waals surface area contributed by atoms with E-state index in [1.807, 2.05) is 4.90 Å². The van der Waals surface area contributed by atoms with Gasteiger partial charge in [0, 0.05) is 44.5 Å². The van der Waals surface area contributed by atoms with E-state index >= 15 is 0 Å². The van der Waals surface area contributed by atoms with Gasteiger partial charge < -0.3 is 14.7 Å². The molecule has 0 N–H and O–H groups in total. The second kappa shape index (κ2) is 6.78. The van der Waals surface area contributed by atoms with Gasteiger partial charge in [0.25, 0.3) is 0 Å². The third-order valence-corrected chi connectivity index (χ3v) is 6.79. The van der Waals surface area contributed by atoms with Crippen LogP contribution in [0, 0.1) is 17.8 Å². The molecule has 3 fully saturated rings. The normalized spacial score (nSPS) is 29.1. The van der Waals surface area contributed by atoms with Crippen LogP contribution < -0.4 is 4.90 Å². The maximum Gasteiger partial charge on any atom is 0.312 e. The number of carbonyl (C=O) groups excluding carboxylic acids is 2. The van der Waals surface area contributed by atoms with Crippen molar-refractivity contribution in [3.63, 3.8) is 0 Å². The zero-order valence-corrected chi connectivity index (χ0v) is 17.7. The van der Waals surface area contributed by atoms with Gasteiger partial charge in [0.1, 0.15) is 0 Å². The van der Waals surface area contributed by atoms with Crippen LogP contribution in [-0.2, 0) is 9.59 Å². The highest BCUT2D eigenvalue weighted by molar-refractivity contribution is 6.35. The number of hydrogen-bond acceptors (Lipinski definition) is 3. The Hall–Kier alpha value is -2.04. The highest BCUT2D eigenvalue weighted by atomic mass is 16.2. The Balaban J connectivity index is 1.39.